The molecule has 2 aromatic rings. The van der Waals surface area contributed by atoms with Crippen LogP contribution in [-0.4, -0.2) is 57.8 Å². The summed E-state index contributed by atoms with van der Waals surface area (Å²) in [6, 6.07) is 11.6. The Kier molecular flexibility index (Phi) is 8.33. The van der Waals surface area contributed by atoms with E-state index in [0.29, 0.717) is 0 Å². The van der Waals surface area contributed by atoms with Crippen LogP contribution in [0.3, 0.4) is 0 Å². The molecule has 7 N–H and O–H groups in total. The van der Waals surface area contributed by atoms with Gasteiger partial charge in [-0.2, -0.15) is 0 Å². The zero-order valence-corrected chi connectivity index (χ0v) is 16.2. The number of carboxylic acid groups (broad SMARTS) is 1. The van der Waals surface area contributed by atoms with Gasteiger partial charge in [0, 0.05) is 6.42 Å². The van der Waals surface area contributed by atoms with E-state index < -0.39 is 42.5 Å². The van der Waals surface area contributed by atoms with Crippen LogP contribution in [0.5, 0.6) is 5.75 Å². The molecule has 0 bridgehead atoms. The van der Waals surface area contributed by atoms with E-state index >= 15 is 0 Å². The number of hydrogen-bond donors (Lipinski definition) is 6. The standard InChI is InChI=1S/C21H25N3O6/c22-16(10-14-6-8-15(26)9-7-14)19(27)23-17(11-13-4-2-1-3-5-13)20(28)24-18(12-25)21(29)30/h1-9,16-18,25-26H,10-12,22H2,(H,23,27)(H,24,28)(H,29,30). The number of carbonyl (C=O) groups is 3. The van der Waals surface area contributed by atoms with Crippen molar-refractivity contribution in [1.29, 1.82) is 0 Å². The minimum Gasteiger partial charge on any atom is -0.508 e. The molecule has 9 nitrogen and oxygen atoms in total. The summed E-state index contributed by atoms with van der Waals surface area (Å²) < 4.78 is 0. The van der Waals surface area contributed by atoms with Crippen molar-refractivity contribution in [3.63, 3.8) is 0 Å². The van der Waals surface area contributed by atoms with Crippen molar-refractivity contribution in [2.24, 2.45) is 5.73 Å². The maximum atomic E-state index is 12.6. The second-order valence-corrected chi connectivity index (χ2v) is 6.81. The second kappa shape index (κ2) is 10.9. The van der Waals surface area contributed by atoms with Gasteiger partial charge in [0.2, 0.25) is 11.8 Å². The van der Waals surface area contributed by atoms with Gasteiger partial charge in [-0.1, -0.05) is 42.5 Å². The average molecular weight is 415 g/mol. The lowest BCUT2D eigenvalue weighted by Gasteiger charge is -2.22. The molecule has 0 aliphatic rings. The van der Waals surface area contributed by atoms with Gasteiger partial charge in [-0.3, -0.25) is 9.59 Å². The van der Waals surface area contributed by atoms with Crippen molar-refractivity contribution in [2.75, 3.05) is 6.61 Å². The topological polar surface area (TPSA) is 162 Å². The highest BCUT2D eigenvalue weighted by atomic mass is 16.4. The van der Waals surface area contributed by atoms with Gasteiger partial charge in [0.15, 0.2) is 0 Å². The first-order valence-corrected chi connectivity index (χ1v) is 9.32. The Labute approximate surface area is 173 Å². The molecule has 0 heterocycles. The maximum absolute atomic E-state index is 12.6. The molecule has 9 heteroatoms. The number of carboxylic acids is 1. The van der Waals surface area contributed by atoms with Gasteiger partial charge in [-0.15, -0.1) is 0 Å². The maximum Gasteiger partial charge on any atom is 0.328 e. The summed E-state index contributed by atoms with van der Waals surface area (Å²) in [7, 11) is 0. The molecule has 0 saturated carbocycles. The van der Waals surface area contributed by atoms with Gasteiger partial charge >= 0.3 is 5.97 Å². The molecule has 3 unspecified atom stereocenters. The molecule has 0 aliphatic carbocycles. The van der Waals surface area contributed by atoms with Crippen molar-refractivity contribution in [2.45, 2.75) is 31.0 Å². The third-order valence-corrected chi connectivity index (χ3v) is 4.44. The van der Waals surface area contributed by atoms with Crippen molar-refractivity contribution >= 4 is 17.8 Å². The third-order valence-electron chi connectivity index (χ3n) is 4.44. The van der Waals surface area contributed by atoms with Gasteiger partial charge in [-0.05, 0) is 29.7 Å². The smallest absolute Gasteiger partial charge is 0.328 e. The molecule has 0 aromatic heterocycles. The molecular formula is C21H25N3O6. The van der Waals surface area contributed by atoms with E-state index in [1.807, 2.05) is 0 Å². The fourth-order valence-electron chi connectivity index (χ4n) is 2.77. The van der Waals surface area contributed by atoms with Crippen LogP contribution in [-0.2, 0) is 27.2 Å². The number of nitrogens with one attached hydrogen (secondary N) is 2. The Morgan fingerprint density at radius 1 is 0.833 bits per heavy atom. The monoisotopic (exact) mass is 415 g/mol. The van der Waals surface area contributed by atoms with E-state index in [0.717, 1.165) is 11.1 Å². The Morgan fingerprint density at radius 2 is 1.40 bits per heavy atom. The van der Waals surface area contributed by atoms with Crippen molar-refractivity contribution in [3.05, 3.63) is 65.7 Å². The molecule has 2 rings (SSSR count). The van der Waals surface area contributed by atoms with Crippen LogP contribution in [0.4, 0.5) is 0 Å². The lowest BCUT2D eigenvalue weighted by molar-refractivity contribution is -0.143. The molecule has 0 fully saturated rings. The number of aliphatic carboxylic acids is 1. The zero-order chi connectivity index (χ0) is 22.1. The largest absolute Gasteiger partial charge is 0.508 e. The fourth-order valence-corrected chi connectivity index (χ4v) is 2.77. The van der Waals surface area contributed by atoms with Crippen molar-refractivity contribution in [3.8, 4) is 5.75 Å². The van der Waals surface area contributed by atoms with Crippen molar-refractivity contribution < 1.29 is 29.7 Å². The number of aromatic hydroxyl groups is 1. The molecule has 2 amide bonds. The van der Waals surface area contributed by atoms with Gasteiger partial charge in [0.05, 0.1) is 12.6 Å². The molecule has 0 radical (unpaired) electrons. The summed E-state index contributed by atoms with van der Waals surface area (Å²) in [5, 5.41) is 32.3. The minimum atomic E-state index is -1.49. The number of hydrogen-bond acceptors (Lipinski definition) is 6. The average Bonchev–Trinajstić information content (AvgIpc) is 2.73. The summed E-state index contributed by atoms with van der Waals surface area (Å²) in [5.41, 5.74) is 7.44. The Bertz CT molecular complexity index is 857. The van der Waals surface area contributed by atoms with E-state index in [9.17, 15) is 19.5 Å². The molecular weight excluding hydrogens is 390 g/mol. The quantitative estimate of drug-likeness (QED) is 0.306. The SMILES string of the molecule is NC(Cc1ccc(O)cc1)C(=O)NC(Cc1ccccc1)C(=O)NC(CO)C(=O)O. The van der Waals surface area contributed by atoms with Crippen LogP contribution in [0.25, 0.3) is 0 Å². The number of phenols is 1. The van der Waals surface area contributed by atoms with Crippen LogP contribution >= 0.6 is 0 Å². The first-order chi connectivity index (χ1) is 14.3. The van der Waals surface area contributed by atoms with E-state index in [-0.39, 0.29) is 18.6 Å². The summed E-state index contributed by atoms with van der Waals surface area (Å²) in [6.07, 6.45) is 0.294. The molecule has 3 atom stereocenters. The molecule has 160 valence electrons. The van der Waals surface area contributed by atoms with Crippen LogP contribution in [0.1, 0.15) is 11.1 Å². The molecule has 0 spiro atoms. The van der Waals surface area contributed by atoms with Gasteiger partial charge in [0.1, 0.15) is 17.8 Å². The highest BCUT2D eigenvalue weighted by Crippen LogP contribution is 2.11. The van der Waals surface area contributed by atoms with Gasteiger partial charge in [0.25, 0.3) is 0 Å². The Hall–Kier alpha value is -3.43. The first-order valence-electron chi connectivity index (χ1n) is 9.32. The number of phenolic OH excluding ortho intramolecular Hbond substituents is 1. The molecule has 30 heavy (non-hydrogen) atoms. The summed E-state index contributed by atoms with van der Waals surface area (Å²) in [6.45, 7) is -0.784. The predicted octanol–water partition coefficient (Wildman–Crippen LogP) is -0.449. The Balaban J connectivity index is 2.10. The number of nitrogens with two attached hydrogens (primary N) is 1. The normalized spacial score (nSPS) is 13.7. The number of benzene rings is 2. The third kappa shape index (κ3) is 6.87. The van der Waals surface area contributed by atoms with Crippen LogP contribution < -0.4 is 16.4 Å². The van der Waals surface area contributed by atoms with E-state index in [2.05, 4.69) is 10.6 Å². The van der Waals surface area contributed by atoms with Crippen LogP contribution in [0.2, 0.25) is 0 Å². The van der Waals surface area contributed by atoms with Crippen molar-refractivity contribution in [1.82, 2.24) is 10.6 Å². The number of rotatable bonds is 10. The number of carbonyl (C=O) groups excluding carboxylic acids is 2. The highest BCUT2D eigenvalue weighted by Gasteiger charge is 2.28. The van der Waals surface area contributed by atoms with Crippen LogP contribution in [0.15, 0.2) is 54.6 Å². The van der Waals surface area contributed by atoms with Gasteiger partial charge < -0.3 is 31.7 Å². The van der Waals surface area contributed by atoms with E-state index in [1.54, 1.807) is 42.5 Å². The summed E-state index contributed by atoms with van der Waals surface area (Å²) >= 11 is 0. The zero-order valence-electron chi connectivity index (χ0n) is 16.2. The van der Waals surface area contributed by atoms with Gasteiger partial charge in [-0.25, -0.2) is 4.79 Å². The van der Waals surface area contributed by atoms with Crippen LogP contribution in [0, 0.1) is 0 Å². The fraction of sp³-hybridized carbons (Fsp3) is 0.286. The van der Waals surface area contributed by atoms with E-state index in [4.69, 9.17) is 15.9 Å². The summed E-state index contributed by atoms with van der Waals surface area (Å²) in [5.74, 6) is -2.63. The molecule has 2 aromatic carbocycles. The highest BCUT2D eigenvalue weighted by molar-refractivity contribution is 5.92. The number of amides is 2. The second-order valence-electron chi connectivity index (χ2n) is 6.81. The predicted molar refractivity (Wildman–Crippen MR) is 109 cm³/mol. The number of aliphatic hydroxyl groups is 1. The lowest BCUT2D eigenvalue weighted by Crippen LogP contribution is -2.56. The molecule has 0 aliphatic heterocycles. The summed E-state index contributed by atoms with van der Waals surface area (Å²) in [4.78, 5) is 36.3. The van der Waals surface area contributed by atoms with E-state index in [1.165, 1.54) is 12.1 Å². The first kappa shape index (κ1) is 22.9. The Morgan fingerprint density at radius 3 is 1.97 bits per heavy atom. The molecule has 0 saturated heterocycles. The lowest BCUT2D eigenvalue weighted by atomic mass is 10.0. The number of aliphatic hydroxyl groups excluding tert-OH is 1. The minimum absolute atomic E-state index is 0.0910.